The van der Waals surface area contributed by atoms with Crippen molar-refractivity contribution in [1.29, 1.82) is 0 Å². The van der Waals surface area contributed by atoms with Crippen LogP contribution in [-0.4, -0.2) is 47.9 Å². The fraction of sp³-hybridized carbons (Fsp3) is 0.818. The lowest BCUT2D eigenvalue weighted by Gasteiger charge is -2.25. The van der Waals surface area contributed by atoms with Gasteiger partial charge >= 0.3 is 11.9 Å². The Morgan fingerprint density at radius 3 is 1.16 bits per heavy atom. The molecule has 0 rings (SSSR count). The van der Waals surface area contributed by atoms with Crippen LogP contribution in [0.25, 0.3) is 0 Å². The molecule has 31 heavy (non-hydrogen) atoms. The number of rotatable bonds is 12. The minimum absolute atomic E-state index is 0.0541. The minimum Gasteiger partial charge on any atom is -0.390 e. The van der Waals surface area contributed by atoms with Crippen LogP contribution in [0.15, 0.2) is 0 Å². The van der Waals surface area contributed by atoms with Gasteiger partial charge in [-0.2, -0.15) is 0 Å². The summed E-state index contributed by atoms with van der Waals surface area (Å²) in [6.45, 7) is 14.7. The predicted molar refractivity (Wildman–Crippen MR) is 119 cm³/mol. The van der Waals surface area contributed by atoms with Crippen LogP contribution in [0.1, 0.15) is 68.2 Å². The second-order valence-corrected chi connectivity index (χ2v) is 9.66. The third-order valence-corrected chi connectivity index (χ3v) is 4.86. The molecule has 6 N–H and O–H groups in total. The van der Waals surface area contributed by atoms with Gasteiger partial charge in [0.05, 0.1) is 12.1 Å². The fourth-order valence-electron chi connectivity index (χ4n) is 2.75. The van der Waals surface area contributed by atoms with E-state index in [1.807, 2.05) is 27.7 Å². The number of carbonyl (C=O) groups excluding carboxylic acids is 4. The lowest BCUT2D eigenvalue weighted by molar-refractivity contribution is -0.164. The van der Waals surface area contributed by atoms with Crippen molar-refractivity contribution < 1.29 is 23.9 Å². The molecule has 180 valence electrons. The molecule has 0 saturated carbocycles. The van der Waals surface area contributed by atoms with Gasteiger partial charge in [-0.1, -0.05) is 55.4 Å². The Labute approximate surface area is 186 Å². The highest BCUT2D eigenvalue weighted by Gasteiger charge is 2.32. The minimum atomic E-state index is -1.02. The van der Waals surface area contributed by atoms with Crippen molar-refractivity contribution in [3.05, 3.63) is 0 Å². The number of esters is 2. The summed E-state index contributed by atoms with van der Waals surface area (Å²) in [7, 11) is 0. The van der Waals surface area contributed by atoms with Crippen LogP contribution >= 0.6 is 0 Å². The molecule has 0 unspecified atom stereocenters. The highest BCUT2D eigenvalue weighted by atomic mass is 16.6. The lowest BCUT2D eigenvalue weighted by atomic mass is 10.0. The van der Waals surface area contributed by atoms with E-state index < -0.39 is 47.9 Å². The lowest BCUT2D eigenvalue weighted by Crippen LogP contribution is -2.53. The van der Waals surface area contributed by atoms with Crippen LogP contribution < -0.4 is 22.1 Å². The predicted octanol–water partition coefficient (Wildman–Crippen LogP) is 1.08. The molecule has 0 aliphatic heterocycles. The van der Waals surface area contributed by atoms with E-state index in [1.54, 1.807) is 27.7 Å². The Balaban J connectivity index is 5.37. The topological polar surface area (TPSA) is 154 Å². The van der Waals surface area contributed by atoms with Crippen LogP contribution in [-0.2, 0) is 23.9 Å². The zero-order chi connectivity index (χ0) is 24.5. The second kappa shape index (κ2) is 13.4. The molecule has 0 bridgehead atoms. The van der Waals surface area contributed by atoms with Gasteiger partial charge in [-0.05, 0) is 36.5 Å². The molecule has 4 atom stereocenters. The number of nitrogens with two attached hydrogens (primary N) is 2. The number of carbonyl (C=O) groups is 4. The SMILES string of the molecule is CC(C)C[C@H](NC(=O)[C@@H](N)C(C)C)C(=O)OC(=O)[C@H](CC(C)C)NC(=O)[C@@H](N)C(C)C. The number of hydrogen-bond donors (Lipinski definition) is 4. The maximum absolute atomic E-state index is 12.7. The molecule has 9 heteroatoms. The molecule has 0 aliphatic rings. The van der Waals surface area contributed by atoms with E-state index >= 15 is 0 Å². The van der Waals surface area contributed by atoms with E-state index in [4.69, 9.17) is 16.2 Å². The quantitative estimate of drug-likeness (QED) is 0.260. The van der Waals surface area contributed by atoms with Crippen molar-refractivity contribution in [3.8, 4) is 0 Å². The molecule has 0 aromatic heterocycles. The highest BCUT2D eigenvalue weighted by molar-refractivity contribution is 5.95. The average molecular weight is 443 g/mol. The van der Waals surface area contributed by atoms with Crippen molar-refractivity contribution >= 4 is 23.8 Å². The van der Waals surface area contributed by atoms with Crippen LogP contribution in [0.3, 0.4) is 0 Å². The van der Waals surface area contributed by atoms with E-state index in [9.17, 15) is 19.2 Å². The van der Waals surface area contributed by atoms with Crippen molar-refractivity contribution in [1.82, 2.24) is 10.6 Å². The molecule has 0 fully saturated rings. The van der Waals surface area contributed by atoms with Gasteiger partial charge in [0.15, 0.2) is 0 Å². The first-order valence-electron chi connectivity index (χ1n) is 11.0. The molecule has 9 nitrogen and oxygen atoms in total. The van der Waals surface area contributed by atoms with Gasteiger partial charge in [0, 0.05) is 0 Å². The highest BCUT2D eigenvalue weighted by Crippen LogP contribution is 2.12. The van der Waals surface area contributed by atoms with Crippen molar-refractivity contribution in [2.24, 2.45) is 35.1 Å². The second-order valence-electron chi connectivity index (χ2n) is 9.66. The zero-order valence-corrected chi connectivity index (χ0v) is 20.2. The van der Waals surface area contributed by atoms with Gasteiger partial charge in [0.2, 0.25) is 11.8 Å². The van der Waals surface area contributed by atoms with Crippen LogP contribution in [0.4, 0.5) is 0 Å². The molecular weight excluding hydrogens is 400 g/mol. The van der Waals surface area contributed by atoms with Crippen molar-refractivity contribution in [2.45, 2.75) is 92.4 Å². The maximum atomic E-state index is 12.7. The van der Waals surface area contributed by atoms with Gasteiger partial charge in [0.1, 0.15) is 12.1 Å². The number of ether oxygens (including phenoxy) is 1. The largest absolute Gasteiger partial charge is 0.390 e. The first-order chi connectivity index (χ1) is 14.2. The molecule has 0 aromatic carbocycles. The van der Waals surface area contributed by atoms with E-state index in [-0.39, 0.29) is 36.5 Å². The summed E-state index contributed by atoms with van der Waals surface area (Å²) in [5.74, 6) is -2.85. The first-order valence-corrected chi connectivity index (χ1v) is 11.0. The number of hydrogen-bond acceptors (Lipinski definition) is 7. The summed E-state index contributed by atoms with van der Waals surface area (Å²) in [5.41, 5.74) is 11.7. The monoisotopic (exact) mass is 442 g/mol. The normalized spacial score (nSPS) is 15.5. The Morgan fingerprint density at radius 2 is 0.935 bits per heavy atom. The first kappa shape index (κ1) is 29.0. The Hall–Kier alpha value is -2.00. The van der Waals surface area contributed by atoms with Gasteiger partial charge in [0.25, 0.3) is 0 Å². The van der Waals surface area contributed by atoms with Crippen LogP contribution in [0.5, 0.6) is 0 Å². The smallest absolute Gasteiger partial charge is 0.336 e. The van der Waals surface area contributed by atoms with E-state index in [0.717, 1.165) is 0 Å². The fourth-order valence-corrected chi connectivity index (χ4v) is 2.75. The summed E-state index contributed by atoms with van der Waals surface area (Å²) in [4.78, 5) is 50.1. The van der Waals surface area contributed by atoms with Gasteiger partial charge in [-0.15, -0.1) is 0 Å². The Morgan fingerprint density at radius 1 is 0.645 bits per heavy atom. The van der Waals surface area contributed by atoms with E-state index in [0.29, 0.717) is 0 Å². The third kappa shape index (κ3) is 10.7. The Kier molecular flexibility index (Phi) is 12.6. The maximum Gasteiger partial charge on any atom is 0.336 e. The zero-order valence-electron chi connectivity index (χ0n) is 20.2. The average Bonchev–Trinajstić information content (AvgIpc) is 2.64. The summed E-state index contributed by atoms with van der Waals surface area (Å²) in [5, 5.41) is 5.18. The molecule has 2 amide bonds. The van der Waals surface area contributed by atoms with Gasteiger partial charge in [-0.3, -0.25) is 9.59 Å². The van der Waals surface area contributed by atoms with Crippen molar-refractivity contribution in [2.75, 3.05) is 0 Å². The molecule has 0 radical (unpaired) electrons. The van der Waals surface area contributed by atoms with E-state index in [2.05, 4.69) is 10.6 Å². The third-order valence-electron chi connectivity index (χ3n) is 4.86. The molecule has 0 aromatic rings. The van der Waals surface area contributed by atoms with E-state index in [1.165, 1.54) is 0 Å². The molecular formula is C22H42N4O5. The summed E-state index contributed by atoms with van der Waals surface area (Å²) in [6, 6.07) is -3.61. The standard InChI is InChI=1S/C22H42N4O5/c1-11(2)9-15(25-19(27)17(23)13(5)6)21(29)31-22(30)16(10-12(3)4)26-20(28)18(24)14(7)8/h11-18H,9-10,23-24H2,1-8H3,(H,25,27)(H,26,28)/t15-,16-,17-,18-/m0/s1. The number of amides is 2. The summed E-state index contributed by atoms with van der Waals surface area (Å²) in [6.07, 6.45) is 0.560. The van der Waals surface area contributed by atoms with Gasteiger partial charge < -0.3 is 26.8 Å². The molecule has 0 aliphatic carbocycles. The summed E-state index contributed by atoms with van der Waals surface area (Å²) >= 11 is 0. The van der Waals surface area contributed by atoms with Crippen molar-refractivity contribution in [3.63, 3.8) is 0 Å². The number of nitrogens with one attached hydrogen (secondary N) is 2. The van der Waals surface area contributed by atoms with Crippen LogP contribution in [0.2, 0.25) is 0 Å². The molecule has 0 saturated heterocycles. The van der Waals surface area contributed by atoms with Gasteiger partial charge in [-0.25, -0.2) is 9.59 Å². The molecule has 0 heterocycles. The van der Waals surface area contributed by atoms with Crippen LogP contribution in [0, 0.1) is 23.7 Å². The Bertz CT molecular complexity index is 567. The summed E-state index contributed by atoms with van der Waals surface area (Å²) < 4.78 is 5.07. The molecule has 0 spiro atoms.